The quantitative estimate of drug-likeness (QED) is 0.151. The molecular formula is C76H46O. The van der Waals surface area contributed by atoms with Gasteiger partial charge in [0.1, 0.15) is 11.2 Å². The molecule has 0 saturated carbocycles. The number of para-hydroxylation sites is 1. The van der Waals surface area contributed by atoms with Crippen LogP contribution in [0.15, 0.2) is 283 Å². The molecule has 0 fully saturated rings. The first kappa shape index (κ1) is 43.3. The van der Waals surface area contributed by atoms with Gasteiger partial charge in [0.2, 0.25) is 0 Å². The zero-order chi connectivity index (χ0) is 50.6. The molecule has 0 aliphatic rings. The standard InChI is InChI=1S/C76H46O/c1-2-17-52-44-53(41-36-47(52)16-1)48-34-39-51(40-35-48)72-56-20-3-5-22-58(56)73(59-23-6-4-21-57(59)72)64-29-13-18-49-37-42-54(45-68(49)64)55-43-38-50-19-14-30-65(69(50)46-55)74-60-24-7-9-26-62(60)75(63-27-10-8-25-61(63)74)67-31-15-33-71-76(67)66-28-11-12-32-70(66)77-71/h1-46H. The van der Waals surface area contributed by atoms with Gasteiger partial charge < -0.3 is 4.42 Å². The van der Waals surface area contributed by atoms with Gasteiger partial charge in [-0.2, -0.15) is 0 Å². The van der Waals surface area contributed by atoms with Gasteiger partial charge in [-0.3, -0.25) is 0 Å². The molecule has 1 heteroatoms. The number of hydrogen-bond acceptors (Lipinski definition) is 1. The molecule has 0 radical (unpaired) electrons. The lowest BCUT2D eigenvalue weighted by Crippen LogP contribution is -1.92. The van der Waals surface area contributed by atoms with E-state index in [1.54, 1.807) is 0 Å². The van der Waals surface area contributed by atoms with E-state index in [4.69, 9.17) is 4.42 Å². The van der Waals surface area contributed by atoms with Crippen LogP contribution in [0.25, 0.3) is 164 Å². The van der Waals surface area contributed by atoms with E-state index in [9.17, 15) is 0 Å². The van der Waals surface area contributed by atoms with Crippen LogP contribution in [-0.4, -0.2) is 0 Å². The average molecular weight is 975 g/mol. The predicted octanol–water partition coefficient (Wildman–Crippen LogP) is 21.7. The summed E-state index contributed by atoms with van der Waals surface area (Å²) < 4.78 is 6.46. The first-order valence-electron chi connectivity index (χ1n) is 26.6. The molecule has 0 N–H and O–H groups in total. The fourth-order valence-electron chi connectivity index (χ4n) is 13.0. The SMILES string of the molecule is c1ccc2cc(-c3ccc(-c4c5ccccc5c(-c5cccc6ccc(-c7ccc8cccc(-c9c%10ccccc%10c(-c%10cccc%11oc%12ccccc%12c%10%11)c%10ccccc9%10)c8c7)cc56)c5ccccc45)cc3)ccc2c1. The van der Waals surface area contributed by atoms with Crippen LogP contribution in [-0.2, 0) is 0 Å². The number of hydrogen-bond donors (Lipinski definition) is 0. The third-order valence-corrected chi connectivity index (χ3v) is 16.4. The second-order valence-electron chi connectivity index (χ2n) is 20.6. The van der Waals surface area contributed by atoms with Crippen LogP contribution in [0.5, 0.6) is 0 Å². The fraction of sp³-hybridized carbons (Fsp3) is 0. The number of rotatable bonds is 6. The monoisotopic (exact) mass is 974 g/mol. The lowest BCUT2D eigenvalue weighted by atomic mass is 9.83. The average Bonchev–Trinajstić information content (AvgIpc) is 3.96. The summed E-state index contributed by atoms with van der Waals surface area (Å²) in [4.78, 5) is 0. The van der Waals surface area contributed by atoms with Gasteiger partial charge in [-0.1, -0.05) is 249 Å². The summed E-state index contributed by atoms with van der Waals surface area (Å²) in [5.41, 5.74) is 16.4. The molecule has 356 valence electrons. The van der Waals surface area contributed by atoms with E-state index in [0.717, 1.165) is 21.9 Å². The molecule has 0 spiro atoms. The van der Waals surface area contributed by atoms with Gasteiger partial charge in [-0.15, -0.1) is 0 Å². The molecule has 77 heavy (non-hydrogen) atoms. The van der Waals surface area contributed by atoms with Crippen molar-refractivity contribution >= 4 is 97.3 Å². The van der Waals surface area contributed by atoms with Crippen molar-refractivity contribution in [2.45, 2.75) is 0 Å². The fourth-order valence-corrected chi connectivity index (χ4v) is 13.0. The highest BCUT2D eigenvalue weighted by Crippen LogP contribution is 2.50. The summed E-state index contributed by atoms with van der Waals surface area (Å²) in [6.45, 7) is 0. The summed E-state index contributed by atoms with van der Waals surface area (Å²) in [7, 11) is 0. The van der Waals surface area contributed by atoms with Gasteiger partial charge in [-0.05, 0) is 173 Å². The Kier molecular flexibility index (Phi) is 9.71. The van der Waals surface area contributed by atoms with Crippen LogP contribution in [0.2, 0.25) is 0 Å². The second-order valence-corrected chi connectivity index (χ2v) is 20.6. The summed E-state index contributed by atoms with van der Waals surface area (Å²) >= 11 is 0. The molecule has 16 aromatic rings. The van der Waals surface area contributed by atoms with Crippen molar-refractivity contribution in [3.05, 3.63) is 279 Å². The van der Waals surface area contributed by atoms with E-state index in [1.807, 2.05) is 6.07 Å². The Morgan fingerprint density at radius 1 is 0.182 bits per heavy atom. The second kappa shape index (κ2) is 17.2. The number of benzene rings is 15. The van der Waals surface area contributed by atoms with Crippen LogP contribution in [0.1, 0.15) is 0 Å². The van der Waals surface area contributed by atoms with Crippen molar-refractivity contribution in [1.82, 2.24) is 0 Å². The molecule has 1 nitrogen and oxygen atoms in total. The van der Waals surface area contributed by atoms with Gasteiger partial charge >= 0.3 is 0 Å². The first-order chi connectivity index (χ1) is 38.2. The van der Waals surface area contributed by atoms with E-state index in [1.165, 1.54) is 142 Å². The minimum atomic E-state index is 0.901. The highest BCUT2D eigenvalue weighted by atomic mass is 16.3. The van der Waals surface area contributed by atoms with Crippen molar-refractivity contribution in [3.8, 4) is 66.8 Å². The van der Waals surface area contributed by atoms with E-state index < -0.39 is 0 Å². The van der Waals surface area contributed by atoms with Crippen molar-refractivity contribution in [2.24, 2.45) is 0 Å². The predicted molar refractivity (Wildman–Crippen MR) is 329 cm³/mol. The molecule has 16 rings (SSSR count). The molecule has 0 aliphatic heterocycles. The summed E-state index contributed by atoms with van der Waals surface area (Å²) in [6, 6.07) is 103. The molecule has 0 aliphatic carbocycles. The molecule has 0 unspecified atom stereocenters. The van der Waals surface area contributed by atoms with E-state index in [0.29, 0.717) is 0 Å². The first-order valence-corrected chi connectivity index (χ1v) is 26.6. The Balaban J connectivity index is 0.852. The maximum Gasteiger partial charge on any atom is 0.136 e. The minimum Gasteiger partial charge on any atom is -0.456 e. The van der Waals surface area contributed by atoms with E-state index in [-0.39, 0.29) is 0 Å². The van der Waals surface area contributed by atoms with Gasteiger partial charge in [0.25, 0.3) is 0 Å². The Hall–Kier alpha value is -10.1. The van der Waals surface area contributed by atoms with Crippen molar-refractivity contribution in [2.75, 3.05) is 0 Å². The third kappa shape index (κ3) is 6.81. The molecule has 1 heterocycles. The Morgan fingerprint density at radius 2 is 0.532 bits per heavy atom. The summed E-state index contributed by atoms with van der Waals surface area (Å²) in [6.07, 6.45) is 0. The molecule has 1 aromatic heterocycles. The van der Waals surface area contributed by atoms with Crippen molar-refractivity contribution in [1.29, 1.82) is 0 Å². The minimum absolute atomic E-state index is 0.901. The lowest BCUT2D eigenvalue weighted by molar-refractivity contribution is 0.669. The maximum absolute atomic E-state index is 6.46. The number of fused-ring (bicyclic) bond motifs is 10. The molecular weight excluding hydrogens is 929 g/mol. The lowest BCUT2D eigenvalue weighted by Gasteiger charge is -2.20. The van der Waals surface area contributed by atoms with E-state index >= 15 is 0 Å². The molecule has 0 bridgehead atoms. The Labute approximate surface area is 445 Å². The van der Waals surface area contributed by atoms with Crippen LogP contribution in [0, 0.1) is 0 Å². The molecule has 0 saturated heterocycles. The zero-order valence-corrected chi connectivity index (χ0v) is 42.0. The third-order valence-electron chi connectivity index (χ3n) is 16.4. The Morgan fingerprint density at radius 3 is 1.06 bits per heavy atom. The van der Waals surface area contributed by atoms with Crippen molar-refractivity contribution < 1.29 is 4.42 Å². The van der Waals surface area contributed by atoms with Crippen LogP contribution < -0.4 is 0 Å². The zero-order valence-electron chi connectivity index (χ0n) is 42.0. The van der Waals surface area contributed by atoms with Gasteiger partial charge in [0.15, 0.2) is 0 Å². The number of furan rings is 1. The topological polar surface area (TPSA) is 13.1 Å². The molecule has 0 amide bonds. The van der Waals surface area contributed by atoms with Gasteiger partial charge in [0, 0.05) is 10.8 Å². The van der Waals surface area contributed by atoms with Crippen molar-refractivity contribution in [3.63, 3.8) is 0 Å². The smallest absolute Gasteiger partial charge is 0.136 e. The van der Waals surface area contributed by atoms with Crippen LogP contribution >= 0.6 is 0 Å². The summed E-state index contributed by atoms with van der Waals surface area (Å²) in [5.74, 6) is 0. The summed E-state index contributed by atoms with van der Waals surface area (Å²) in [5, 5.41) is 19.5. The highest BCUT2D eigenvalue weighted by molar-refractivity contribution is 6.28. The molecule has 0 atom stereocenters. The highest BCUT2D eigenvalue weighted by Gasteiger charge is 2.23. The van der Waals surface area contributed by atoms with Crippen LogP contribution in [0.4, 0.5) is 0 Å². The van der Waals surface area contributed by atoms with Gasteiger partial charge in [0.05, 0.1) is 0 Å². The van der Waals surface area contributed by atoms with Gasteiger partial charge in [-0.25, -0.2) is 0 Å². The normalized spacial score (nSPS) is 11.9. The Bertz CT molecular complexity index is 4980. The van der Waals surface area contributed by atoms with Crippen LogP contribution in [0.3, 0.4) is 0 Å². The largest absolute Gasteiger partial charge is 0.456 e. The van der Waals surface area contributed by atoms with E-state index in [2.05, 4.69) is 273 Å². The maximum atomic E-state index is 6.46. The molecule has 15 aromatic carbocycles.